The molecule has 0 aromatic carbocycles. The van der Waals surface area contributed by atoms with E-state index in [1.807, 2.05) is 12.1 Å². The fourth-order valence-electron chi connectivity index (χ4n) is 1.01. The van der Waals surface area contributed by atoms with Crippen molar-refractivity contribution in [2.45, 2.75) is 0 Å². The normalized spacial score (nSPS) is 10.0. The number of rotatable bonds is 1. The maximum absolute atomic E-state index is 10.9. The van der Waals surface area contributed by atoms with Crippen LogP contribution in [-0.2, 0) is 0 Å². The maximum atomic E-state index is 10.9. The zero-order valence-corrected chi connectivity index (χ0v) is 6.24. The monoisotopic (exact) mass is 161 g/mol. The summed E-state index contributed by atoms with van der Waals surface area (Å²) >= 11 is 0. The summed E-state index contributed by atoms with van der Waals surface area (Å²) in [6.45, 7) is 0. The van der Waals surface area contributed by atoms with Gasteiger partial charge in [0.25, 0.3) is 5.56 Å². The van der Waals surface area contributed by atoms with E-state index < -0.39 is 0 Å². The summed E-state index contributed by atoms with van der Waals surface area (Å²) < 4.78 is 0. The number of aromatic nitrogens is 3. The number of hydrogen-bond donors (Lipinski definition) is 2. The SMILES string of the molecule is O=c1cc(-c2ccc[nH]2)nc[nH]1. The van der Waals surface area contributed by atoms with E-state index in [2.05, 4.69) is 15.0 Å². The standard InChI is InChI=1S/C8H7N3O/c12-8-4-7(10-5-11-8)6-2-1-3-9-6/h1-5,9H,(H,10,11,12). The lowest BCUT2D eigenvalue weighted by atomic mass is 10.3. The largest absolute Gasteiger partial charge is 0.360 e. The molecule has 0 unspecified atom stereocenters. The van der Waals surface area contributed by atoms with Crippen LogP contribution in [0.15, 0.2) is 35.5 Å². The molecule has 4 heteroatoms. The van der Waals surface area contributed by atoms with Gasteiger partial charge in [-0.15, -0.1) is 0 Å². The van der Waals surface area contributed by atoms with Crippen LogP contribution in [0.3, 0.4) is 0 Å². The minimum Gasteiger partial charge on any atom is -0.360 e. The Hall–Kier alpha value is -1.84. The Kier molecular flexibility index (Phi) is 1.51. The summed E-state index contributed by atoms with van der Waals surface area (Å²) in [4.78, 5) is 20.3. The summed E-state index contributed by atoms with van der Waals surface area (Å²) in [6, 6.07) is 5.17. The Morgan fingerprint density at radius 2 is 2.25 bits per heavy atom. The zero-order valence-electron chi connectivity index (χ0n) is 6.24. The summed E-state index contributed by atoms with van der Waals surface area (Å²) in [5, 5.41) is 0. The van der Waals surface area contributed by atoms with E-state index in [0.717, 1.165) is 5.69 Å². The van der Waals surface area contributed by atoms with Crippen molar-refractivity contribution in [1.29, 1.82) is 0 Å². The van der Waals surface area contributed by atoms with Gasteiger partial charge >= 0.3 is 0 Å². The average molecular weight is 161 g/mol. The van der Waals surface area contributed by atoms with Gasteiger partial charge in [0.05, 0.1) is 17.7 Å². The van der Waals surface area contributed by atoms with Crippen molar-refractivity contribution in [3.05, 3.63) is 41.1 Å². The van der Waals surface area contributed by atoms with Crippen LogP contribution in [0.5, 0.6) is 0 Å². The third-order valence-electron chi connectivity index (χ3n) is 1.55. The van der Waals surface area contributed by atoms with Gasteiger partial charge in [0.15, 0.2) is 0 Å². The van der Waals surface area contributed by atoms with E-state index in [-0.39, 0.29) is 5.56 Å². The Labute approximate surface area is 68.3 Å². The smallest absolute Gasteiger partial charge is 0.251 e. The second-order valence-corrected chi connectivity index (χ2v) is 2.38. The number of aromatic amines is 2. The second-order valence-electron chi connectivity index (χ2n) is 2.38. The quantitative estimate of drug-likeness (QED) is 0.648. The van der Waals surface area contributed by atoms with Crippen molar-refractivity contribution in [2.24, 2.45) is 0 Å². The average Bonchev–Trinajstić information content (AvgIpc) is 2.56. The summed E-state index contributed by atoms with van der Waals surface area (Å²) in [5.41, 5.74) is 1.36. The van der Waals surface area contributed by atoms with Crippen molar-refractivity contribution in [3.8, 4) is 11.4 Å². The number of nitrogens with one attached hydrogen (secondary N) is 2. The number of H-pyrrole nitrogens is 2. The molecule has 0 atom stereocenters. The molecule has 0 spiro atoms. The van der Waals surface area contributed by atoms with Crippen LogP contribution in [0, 0.1) is 0 Å². The first-order chi connectivity index (χ1) is 5.86. The summed E-state index contributed by atoms with van der Waals surface area (Å²) in [6.07, 6.45) is 3.18. The highest BCUT2D eigenvalue weighted by molar-refractivity contribution is 5.52. The van der Waals surface area contributed by atoms with Gasteiger partial charge in [-0.2, -0.15) is 0 Å². The highest BCUT2D eigenvalue weighted by atomic mass is 16.1. The molecule has 2 heterocycles. The van der Waals surface area contributed by atoms with Gasteiger partial charge in [0.1, 0.15) is 0 Å². The number of nitrogens with zero attached hydrogens (tertiary/aromatic N) is 1. The lowest BCUT2D eigenvalue weighted by molar-refractivity contribution is 1.11. The Morgan fingerprint density at radius 3 is 2.92 bits per heavy atom. The van der Waals surface area contributed by atoms with Crippen molar-refractivity contribution < 1.29 is 0 Å². The molecule has 0 bridgehead atoms. The van der Waals surface area contributed by atoms with Crippen LogP contribution in [0.2, 0.25) is 0 Å². The molecule has 0 aliphatic heterocycles. The Morgan fingerprint density at radius 1 is 1.33 bits per heavy atom. The van der Waals surface area contributed by atoms with Gasteiger partial charge in [-0.3, -0.25) is 4.79 Å². The Bertz CT molecular complexity index is 416. The van der Waals surface area contributed by atoms with Crippen molar-refractivity contribution >= 4 is 0 Å². The molecule has 0 amide bonds. The topological polar surface area (TPSA) is 61.5 Å². The van der Waals surface area contributed by atoms with E-state index >= 15 is 0 Å². The van der Waals surface area contributed by atoms with Crippen molar-refractivity contribution in [2.75, 3.05) is 0 Å². The molecule has 12 heavy (non-hydrogen) atoms. The lowest BCUT2D eigenvalue weighted by Crippen LogP contribution is -2.04. The molecule has 60 valence electrons. The van der Waals surface area contributed by atoms with Gasteiger partial charge in [-0.1, -0.05) is 0 Å². The molecular weight excluding hydrogens is 154 g/mol. The first-order valence-corrected chi connectivity index (χ1v) is 3.55. The first kappa shape index (κ1) is 6.84. The Balaban J connectivity index is 2.55. The van der Waals surface area contributed by atoms with Gasteiger partial charge in [-0.25, -0.2) is 4.98 Å². The molecule has 2 N–H and O–H groups in total. The van der Waals surface area contributed by atoms with Crippen LogP contribution >= 0.6 is 0 Å². The molecule has 0 radical (unpaired) electrons. The minimum absolute atomic E-state index is 0.144. The van der Waals surface area contributed by atoms with E-state index in [9.17, 15) is 4.79 Å². The van der Waals surface area contributed by atoms with Gasteiger partial charge < -0.3 is 9.97 Å². The fraction of sp³-hybridized carbons (Fsp3) is 0. The summed E-state index contributed by atoms with van der Waals surface area (Å²) in [5.74, 6) is 0. The molecule has 2 aromatic rings. The van der Waals surface area contributed by atoms with E-state index in [1.165, 1.54) is 12.4 Å². The van der Waals surface area contributed by atoms with Crippen LogP contribution in [0.1, 0.15) is 0 Å². The van der Waals surface area contributed by atoms with E-state index in [1.54, 1.807) is 6.20 Å². The van der Waals surface area contributed by atoms with Gasteiger partial charge in [-0.05, 0) is 12.1 Å². The molecule has 0 saturated heterocycles. The van der Waals surface area contributed by atoms with Crippen LogP contribution < -0.4 is 5.56 Å². The number of hydrogen-bond acceptors (Lipinski definition) is 2. The highest BCUT2D eigenvalue weighted by Gasteiger charge is 1.97. The van der Waals surface area contributed by atoms with Crippen LogP contribution in [0.4, 0.5) is 0 Å². The lowest BCUT2D eigenvalue weighted by Gasteiger charge is -1.93. The molecule has 0 fully saturated rings. The van der Waals surface area contributed by atoms with Gasteiger partial charge in [0, 0.05) is 12.3 Å². The highest BCUT2D eigenvalue weighted by Crippen LogP contribution is 2.09. The van der Waals surface area contributed by atoms with Gasteiger partial charge in [0.2, 0.25) is 0 Å². The predicted molar refractivity (Wildman–Crippen MR) is 44.6 cm³/mol. The molecule has 0 aliphatic carbocycles. The third kappa shape index (κ3) is 1.14. The third-order valence-corrected chi connectivity index (χ3v) is 1.55. The summed E-state index contributed by atoms with van der Waals surface area (Å²) in [7, 11) is 0. The van der Waals surface area contributed by atoms with E-state index in [4.69, 9.17) is 0 Å². The van der Waals surface area contributed by atoms with Crippen LogP contribution in [-0.4, -0.2) is 15.0 Å². The predicted octanol–water partition coefficient (Wildman–Crippen LogP) is 0.765. The minimum atomic E-state index is -0.144. The maximum Gasteiger partial charge on any atom is 0.251 e. The second kappa shape index (κ2) is 2.65. The van der Waals surface area contributed by atoms with Crippen molar-refractivity contribution in [1.82, 2.24) is 15.0 Å². The first-order valence-electron chi connectivity index (χ1n) is 3.55. The zero-order chi connectivity index (χ0) is 8.39. The van der Waals surface area contributed by atoms with E-state index in [0.29, 0.717) is 5.69 Å². The van der Waals surface area contributed by atoms with Crippen LogP contribution in [0.25, 0.3) is 11.4 Å². The fourth-order valence-corrected chi connectivity index (χ4v) is 1.01. The molecule has 0 saturated carbocycles. The molecule has 0 aliphatic rings. The molecular formula is C8H7N3O. The molecule has 4 nitrogen and oxygen atoms in total. The molecule has 2 aromatic heterocycles. The van der Waals surface area contributed by atoms with Crippen molar-refractivity contribution in [3.63, 3.8) is 0 Å². The molecule has 2 rings (SSSR count).